The molecule has 142 valence electrons. The first-order valence-electron chi connectivity index (χ1n) is 8.00. The van der Waals surface area contributed by atoms with Gasteiger partial charge in [0.25, 0.3) is 0 Å². The second kappa shape index (κ2) is 9.00. The van der Waals surface area contributed by atoms with Crippen LogP contribution in [0.5, 0.6) is 0 Å². The number of nitrogens with one attached hydrogen (secondary N) is 2. The minimum Gasteiger partial charge on any atom is -0.354 e. The quantitative estimate of drug-likeness (QED) is 0.540. The molecule has 10 heteroatoms. The first-order chi connectivity index (χ1) is 12.3. The topological polar surface area (TPSA) is 109 Å². The molecule has 0 saturated heterocycles. The van der Waals surface area contributed by atoms with Crippen LogP contribution >= 0.6 is 11.6 Å². The number of hydrogen-bond acceptors (Lipinski definition) is 6. The van der Waals surface area contributed by atoms with Crippen LogP contribution in [-0.4, -0.2) is 49.6 Å². The van der Waals surface area contributed by atoms with Crippen LogP contribution in [0.3, 0.4) is 0 Å². The number of halogens is 1. The molecule has 2 rings (SSSR count). The molecule has 2 N–H and O–H groups in total. The van der Waals surface area contributed by atoms with Gasteiger partial charge in [-0.15, -0.1) is 0 Å². The standard InChI is InChI=1S/C16H22ClN5O3S/c1-11(8-9-26(3,23)24)20-16(18-2)19-10-14-21-15(22-25-14)12-4-6-13(17)7-5-12/h4-7,11H,8-10H2,1-3H3,(H2,18,19,20). The summed E-state index contributed by atoms with van der Waals surface area (Å²) >= 11 is 5.87. The minimum absolute atomic E-state index is 0.0526. The lowest BCUT2D eigenvalue weighted by atomic mass is 10.2. The second-order valence-corrected chi connectivity index (χ2v) is 8.60. The van der Waals surface area contributed by atoms with Crippen LogP contribution in [0.1, 0.15) is 19.2 Å². The van der Waals surface area contributed by atoms with Crippen molar-refractivity contribution in [1.82, 2.24) is 20.8 Å². The number of benzene rings is 1. The molecule has 1 aromatic carbocycles. The molecule has 1 aromatic heterocycles. The number of aromatic nitrogens is 2. The summed E-state index contributed by atoms with van der Waals surface area (Å²) in [7, 11) is -1.35. The number of nitrogens with zero attached hydrogens (tertiary/aromatic N) is 3. The Labute approximate surface area is 158 Å². The Hall–Kier alpha value is -2.13. The Kier molecular flexibility index (Phi) is 6.98. The SMILES string of the molecule is CN=C(NCc1nc(-c2ccc(Cl)cc2)no1)NC(C)CCS(C)(=O)=O. The molecule has 0 aliphatic carbocycles. The summed E-state index contributed by atoms with van der Waals surface area (Å²) in [6.07, 6.45) is 1.71. The molecule has 0 bridgehead atoms. The van der Waals surface area contributed by atoms with E-state index in [1.54, 1.807) is 19.2 Å². The van der Waals surface area contributed by atoms with Crippen molar-refractivity contribution in [3.8, 4) is 11.4 Å². The van der Waals surface area contributed by atoms with Crippen molar-refractivity contribution in [2.24, 2.45) is 4.99 Å². The van der Waals surface area contributed by atoms with Crippen molar-refractivity contribution in [2.75, 3.05) is 19.1 Å². The van der Waals surface area contributed by atoms with Gasteiger partial charge in [0.1, 0.15) is 9.84 Å². The third-order valence-corrected chi connectivity index (χ3v) is 4.74. The van der Waals surface area contributed by atoms with Crippen molar-refractivity contribution in [3.63, 3.8) is 0 Å². The molecule has 1 atom stereocenters. The molecule has 1 heterocycles. The van der Waals surface area contributed by atoms with Crippen LogP contribution < -0.4 is 10.6 Å². The minimum atomic E-state index is -2.99. The van der Waals surface area contributed by atoms with Gasteiger partial charge in [-0.1, -0.05) is 16.8 Å². The number of hydrogen-bond donors (Lipinski definition) is 2. The molecule has 8 nitrogen and oxygen atoms in total. The van der Waals surface area contributed by atoms with Gasteiger partial charge in [0.05, 0.1) is 12.3 Å². The first kappa shape index (κ1) is 20.2. The van der Waals surface area contributed by atoms with Gasteiger partial charge in [0.2, 0.25) is 11.7 Å². The largest absolute Gasteiger partial charge is 0.354 e. The van der Waals surface area contributed by atoms with Crippen LogP contribution in [0.25, 0.3) is 11.4 Å². The molecule has 0 spiro atoms. The number of sulfone groups is 1. The molecule has 0 radical (unpaired) electrons. The highest BCUT2D eigenvalue weighted by molar-refractivity contribution is 7.90. The summed E-state index contributed by atoms with van der Waals surface area (Å²) in [4.78, 5) is 8.42. The molecular formula is C16H22ClN5O3S. The van der Waals surface area contributed by atoms with Gasteiger partial charge in [-0.25, -0.2) is 8.42 Å². The molecular weight excluding hydrogens is 378 g/mol. The van der Waals surface area contributed by atoms with E-state index in [1.807, 2.05) is 19.1 Å². The van der Waals surface area contributed by atoms with Crippen molar-refractivity contribution in [3.05, 3.63) is 35.2 Å². The van der Waals surface area contributed by atoms with Gasteiger partial charge in [0, 0.05) is 29.9 Å². The predicted octanol–water partition coefficient (Wildman–Crippen LogP) is 1.88. The summed E-state index contributed by atoms with van der Waals surface area (Å²) in [5.74, 6) is 1.52. The number of aliphatic imine (C=N–C) groups is 1. The van der Waals surface area contributed by atoms with Gasteiger partial charge in [-0.2, -0.15) is 4.98 Å². The average molecular weight is 400 g/mol. The third-order valence-electron chi connectivity index (χ3n) is 3.51. The molecule has 1 unspecified atom stereocenters. The molecule has 0 aliphatic heterocycles. The van der Waals surface area contributed by atoms with Gasteiger partial charge in [-0.3, -0.25) is 4.99 Å². The van der Waals surface area contributed by atoms with Crippen LogP contribution in [0, 0.1) is 0 Å². The zero-order valence-corrected chi connectivity index (χ0v) is 16.4. The maximum atomic E-state index is 11.2. The highest BCUT2D eigenvalue weighted by Gasteiger charge is 2.12. The third kappa shape index (κ3) is 6.64. The van der Waals surface area contributed by atoms with E-state index in [4.69, 9.17) is 16.1 Å². The molecule has 2 aromatic rings. The summed E-state index contributed by atoms with van der Waals surface area (Å²) < 4.78 is 27.7. The van der Waals surface area contributed by atoms with Crippen LogP contribution in [0.2, 0.25) is 5.02 Å². The van der Waals surface area contributed by atoms with E-state index in [-0.39, 0.29) is 11.8 Å². The van der Waals surface area contributed by atoms with Crippen molar-refractivity contribution >= 4 is 27.4 Å². The number of guanidine groups is 1. The van der Waals surface area contributed by atoms with Crippen molar-refractivity contribution < 1.29 is 12.9 Å². The fraction of sp³-hybridized carbons (Fsp3) is 0.438. The lowest BCUT2D eigenvalue weighted by molar-refractivity contribution is 0.375. The molecule has 0 fully saturated rings. The van der Waals surface area contributed by atoms with Crippen LogP contribution in [-0.2, 0) is 16.4 Å². The summed E-state index contributed by atoms with van der Waals surface area (Å²) in [5, 5.41) is 10.8. The van der Waals surface area contributed by atoms with Gasteiger partial charge in [-0.05, 0) is 37.6 Å². The van der Waals surface area contributed by atoms with Gasteiger partial charge < -0.3 is 15.2 Å². The summed E-state index contributed by atoms with van der Waals surface area (Å²) in [5.41, 5.74) is 0.807. The highest BCUT2D eigenvalue weighted by atomic mass is 35.5. The smallest absolute Gasteiger partial charge is 0.246 e. The maximum absolute atomic E-state index is 11.2. The second-order valence-electron chi connectivity index (χ2n) is 5.91. The van der Waals surface area contributed by atoms with E-state index < -0.39 is 9.84 Å². The van der Waals surface area contributed by atoms with Crippen molar-refractivity contribution in [2.45, 2.75) is 25.9 Å². The van der Waals surface area contributed by atoms with Crippen LogP contribution in [0.4, 0.5) is 0 Å². The van der Waals surface area contributed by atoms with Gasteiger partial charge >= 0.3 is 0 Å². The van der Waals surface area contributed by atoms with E-state index in [0.717, 1.165) is 5.56 Å². The zero-order chi connectivity index (χ0) is 19.2. The van der Waals surface area contributed by atoms with E-state index in [2.05, 4.69) is 25.8 Å². The van der Waals surface area contributed by atoms with E-state index in [9.17, 15) is 8.42 Å². The van der Waals surface area contributed by atoms with E-state index in [1.165, 1.54) is 6.26 Å². The normalized spacial score (nSPS) is 13.5. The first-order valence-corrected chi connectivity index (χ1v) is 10.4. The van der Waals surface area contributed by atoms with Crippen LogP contribution in [0.15, 0.2) is 33.8 Å². The Bertz CT molecular complexity index is 849. The summed E-state index contributed by atoms with van der Waals surface area (Å²) in [6, 6.07) is 7.09. The molecule has 0 amide bonds. The molecule has 0 aliphatic rings. The maximum Gasteiger partial charge on any atom is 0.246 e. The lowest BCUT2D eigenvalue weighted by Crippen LogP contribution is -2.42. The Morgan fingerprint density at radius 2 is 2.04 bits per heavy atom. The average Bonchev–Trinajstić information content (AvgIpc) is 3.05. The highest BCUT2D eigenvalue weighted by Crippen LogP contribution is 2.18. The van der Waals surface area contributed by atoms with Gasteiger partial charge in [0.15, 0.2) is 5.96 Å². The molecule has 26 heavy (non-hydrogen) atoms. The zero-order valence-electron chi connectivity index (χ0n) is 14.9. The fourth-order valence-corrected chi connectivity index (χ4v) is 3.00. The monoisotopic (exact) mass is 399 g/mol. The number of rotatable bonds is 7. The Morgan fingerprint density at radius 1 is 1.35 bits per heavy atom. The summed E-state index contributed by atoms with van der Waals surface area (Å²) in [6.45, 7) is 2.18. The Morgan fingerprint density at radius 3 is 2.65 bits per heavy atom. The lowest BCUT2D eigenvalue weighted by Gasteiger charge is -2.16. The van der Waals surface area contributed by atoms with Crippen molar-refractivity contribution in [1.29, 1.82) is 0 Å². The Balaban J connectivity index is 1.88. The molecule has 0 saturated carbocycles. The fourth-order valence-electron chi connectivity index (χ4n) is 2.09. The van der Waals surface area contributed by atoms with E-state index >= 15 is 0 Å². The predicted molar refractivity (Wildman–Crippen MR) is 102 cm³/mol. The van der Waals surface area contributed by atoms with E-state index in [0.29, 0.717) is 35.7 Å².